The van der Waals surface area contributed by atoms with E-state index in [4.69, 9.17) is 4.98 Å². The Morgan fingerprint density at radius 3 is 2.16 bits per heavy atom. The molecule has 49 heavy (non-hydrogen) atoms. The van der Waals surface area contributed by atoms with Crippen LogP contribution in [-0.4, -0.2) is 36.1 Å². The first-order valence-electron chi connectivity index (χ1n) is 16.7. The Balaban J connectivity index is 0.00000468. The van der Waals surface area contributed by atoms with Gasteiger partial charge in [-0.15, -0.1) is 0 Å². The van der Waals surface area contributed by atoms with Gasteiger partial charge in [-0.3, -0.25) is 9.97 Å². The molecule has 0 fully saturated rings. The van der Waals surface area contributed by atoms with Crippen LogP contribution in [0.25, 0.3) is 27.8 Å². The summed E-state index contributed by atoms with van der Waals surface area (Å²) in [6.45, 7) is 24.0. The molecule has 6 rings (SSSR count). The summed E-state index contributed by atoms with van der Waals surface area (Å²) in [5.41, 5.74) is 7.83. The molecule has 0 bridgehead atoms. The van der Waals surface area contributed by atoms with Crippen LogP contribution in [0.3, 0.4) is 0 Å². The van der Waals surface area contributed by atoms with Crippen molar-refractivity contribution < 1.29 is 30.7 Å². The van der Waals surface area contributed by atoms with Gasteiger partial charge in [-0.25, -0.2) is 0 Å². The second-order valence-corrected chi connectivity index (χ2v) is 16.5. The van der Waals surface area contributed by atoms with Crippen LogP contribution in [0.15, 0.2) is 85.5 Å². The van der Waals surface area contributed by atoms with Crippen molar-refractivity contribution in [1.29, 1.82) is 0 Å². The van der Waals surface area contributed by atoms with Crippen LogP contribution in [0, 0.1) is 6.20 Å². The van der Waals surface area contributed by atoms with E-state index < -0.39 is 5.54 Å². The number of aromatic nitrogens is 3. The first-order chi connectivity index (χ1) is 22.4. The second-order valence-electron chi connectivity index (χ2n) is 16.5. The third-order valence-electron chi connectivity index (χ3n) is 9.22. The van der Waals surface area contributed by atoms with E-state index in [1.165, 1.54) is 5.56 Å². The molecule has 1 aliphatic heterocycles. The van der Waals surface area contributed by atoms with Crippen LogP contribution in [0.1, 0.15) is 92.9 Å². The molecule has 0 amide bonds. The predicted molar refractivity (Wildman–Crippen MR) is 198 cm³/mol. The quantitative estimate of drug-likeness (QED) is 0.145. The minimum absolute atomic E-state index is 0. The van der Waals surface area contributed by atoms with Gasteiger partial charge in [0.15, 0.2) is 0 Å². The Kier molecular flexibility index (Phi) is 9.40. The maximum absolute atomic E-state index is 11.7. The van der Waals surface area contributed by atoms with Crippen molar-refractivity contribution >= 4 is 28.6 Å². The number of phenols is 1. The third kappa shape index (κ3) is 6.90. The van der Waals surface area contributed by atoms with E-state index in [2.05, 4.69) is 145 Å². The number of hydrogen-bond acceptors (Lipinski definition) is 4. The zero-order valence-electron chi connectivity index (χ0n) is 30.6. The largest absolute Gasteiger partial charge is 2.00 e. The normalized spacial score (nSPS) is 14.9. The number of rotatable bonds is 4. The van der Waals surface area contributed by atoms with Crippen molar-refractivity contribution in [2.45, 2.75) is 97.9 Å². The molecule has 0 unspecified atom stereocenters. The van der Waals surface area contributed by atoms with Crippen LogP contribution in [0.4, 0.5) is 11.4 Å². The summed E-state index contributed by atoms with van der Waals surface area (Å²) < 4.78 is 4.24. The Hall–Kier alpha value is -4.02. The molecule has 0 spiro atoms. The molecule has 7 heteroatoms. The minimum Gasteiger partial charge on any atom is -0.513 e. The molecule has 0 radical (unpaired) electrons. The third-order valence-corrected chi connectivity index (χ3v) is 9.22. The molecular formula is C42H48N5OPt+. The van der Waals surface area contributed by atoms with Gasteiger partial charge in [0, 0.05) is 36.2 Å². The first-order valence-corrected chi connectivity index (χ1v) is 16.7. The average molecular weight is 834 g/mol. The van der Waals surface area contributed by atoms with Gasteiger partial charge in [0.05, 0.1) is 5.69 Å². The van der Waals surface area contributed by atoms with Gasteiger partial charge < -0.3 is 19.1 Å². The van der Waals surface area contributed by atoms with E-state index in [0.29, 0.717) is 5.69 Å². The average Bonchev–Trinajstić information content (AvgIpc) is 3.39. The van der Waals surface area contributed by atoms with Gasteiger partial charge in [-0.2, -0.15) is 0 Å². The maximum atomic E-state index is 11.7. The van der Waals surface area contributed by atoms with Crippen molar-refractivity contribution in [3.63, 3.8) is 0 Å². The molecule has 1 aliphatic rings. The maximum Gasteiger partial charge on any atom is 2.00 e. The number of benzene rings is 2. The number of anilines is 1. The zero-order valence-corrected chi connectivity index (χ0v) is 32.9. The first kappa shape index (κ1) is 36.3. The zero-order chi connectivity index (χ0) is 34.8. The van der Waals surface area contributed by atoms with Crippen LogP contribution in [0.2, 0.25) is 0 Å². The molecule has 3 aromatic heterocycles. The van der Waals surface area contributed by atoms with E-state index in [1.54, 1.807) is 0 Å². The van der Waals surface area contributed by atoms with E-state index in [1.807, 2.05) is 47.9 Å². The van der Waals surface area contributed by atoms with Crippen LogP contribution in [0.5, 0.6) is 5.75 Å². The molecule has 0 aliphatic carbocycles. The van der Waals surface area contributed by atoms with Gasteiger partial charge in [0.2, 0.25) is 6.34 Å². The summed E-state index contributed by atoms with van der Waals surface area (Å²) in [5, 5.41) is 12.8. The van der Waals surface area contributed by atoms with Crippen molar-refractivity contribution in [2.75, 3.05) is 4.90 Å². The molecular weight excluding hydrogens is 786 g/mol. The monoisotopic (exact) mass is 833 g/mol. The number of para-hydroxylation sites is 2. The Bertz CT molecular complexity index is 2080. The molecule has 5 aromatic rings. The Labute approximate surface area is 306 Å². The minimum atomic E-state index is -0.427. The van der Waals surface area contributed by atoms with Crippen LogP contribution in [-0.2, 0) is 37.3 Å². The summed E-state index contributed by atoms with van der Waals surface area (Å²) in [5.74, 6) is 0.269. The molecule has 0 saturated heterocycles. The van der Waals surface area contributed by atoms with Gasteiger partial charge >= 0.3 is 21.1 Å². The molecule has 4 heterocycles. The number of hydrogen-bond donors (Lipinski definition) is 1. The van der Waals surface area contributed by atoms with Crippen LogP contribution >= 0.6 is 0 Å². The topological polar surface area (TPSA) is 57.2 Å². The van der Waals surface area contributed by atoms with E-state index in [-0.39, 0.29) is 43.1 Å². The van der Waals surface area contributed by atoms with Crippen molar-refractivity contribution in [2.24, 2.45) is 0 Å². The molecule has 1 N–H and O–H groups in total. The fraction of sp³-hybridized carbons (Fsp3) is 0.357. The van der Waals surface area contributed by atoms with Crippen molar-refractivity contribution in [1.82, 2.24) is 14.5 Å². The molecule has 6 nitrogen and oxygen atoms in total. The molecule has 0 saturated carbocycles. The Morgan fingerprint density at radius 2 is 1.49 bits per heavy atom. The molecule has 2 aromatic carbocycles. The fourth-order valence-corrected chi connectivity index (χ4v) is 6.18. The summed E-state index contributed by atoms with van der Waals surface area (Å²) in [4.78, 5) is 11.2. The molecule has 0 atom stereocenters. The number of fused-ring (bicyclic) bond motifs is 1. The number of phenolic OH excluding ortho intramolecular Hbond substituents is 1. The number of aromatic hydroxyl groups is 1. The smallest absolute Gasteiger partial charge is 0.513 e. The number of nitrogens with zero attached hydrogens (tertiary/aromatic N) is 5. The predicted octanol–water partition coefficient (Wildman–Crippen LogP) is 9.85. The fourth-order valence-electron chi connectivity index (χ4n) is 6.18. The van der Waals surface area contributed by atoms with Crippen molar-refractivity contribution in [3.8, 4) is 22.7 Å². The summed E-state index contributed by atoms with van der Waals surface area (Å²) in [6, 6.07) is 18.9. The number of pyridine rings is 2. The summed E-state index contributed by atoms with van der Waals surface area (Å²) >= 11 is 0. The van der Waals surface area contributed by atoms with Gasteiger partial charge in [0.1, 0.15) is 11.3 Å². The van der Waals surface area contributed by atoms with Gasteiger partial charge in [-0.05, 0) is 76.3 Å². The SMILES string of the molecule is CC(C)(C)c1ccnc(-c2[c-]n(-c3ccccc3[N+]3=[C-]N(c4cc(C(C)(C)C)cc(C(C)(C)C)c4O)C=CC3(C)C)c3cnccc23)c1.[Pt+2]. The summed E-state index contributed by atoms with van der Waals surface area (Å²) in [7, 11) is 0. The van der Waals surface area contributed by atoms with Gasteiger partial charge in [0.25, 0.3) is 0 Å². The van der Waals surface area contributed by atoms with Crippen molar-refractivity contribution in [3.05, 3.63) is 108 Å². The summed E-state index contributed by atoms with van der Waals surface area (Å²) in [6.07, 6.45) is 17.1. The van der Waals surface area contributed by atoms with E-state index in [0.717, 1.165) is 44.7 Å². The van der Waals surface area contributed by atoms with E-state index in [9.17, 15) is 5.11 Å². The standard InChI is InChI=1S/C42H48N5O.Pt/c1-39(2,3)28-16-20-44-33(23-28)31-26-46(37-25-43-19-17-30(31)37)34-14-12-13-15-35(34)47-27-45(21-18-42(47,10)11)36-24-29(40(4,5)6)22-32(38(36)48)41(7,8)9;/h12-25,48H,1-11H3;/q-1;+2. The second kappa shape index (κ2) is 12.7. The van der Waals surface area contributed by atoms with Crippen LogP contribution < -0.4 is 4.90 Å². The van der Waals surface area contributed by atoms with E-state index >= 15 is 0 Å². The Morgan fingerprint density at radius 1 is 0.796 bits per heavy atom. The van der Waals surface area contributed by atoms with Gasteiger partial charge in [-0.1, -0.05) is 122 Å². The molecule has 256 valence electrons.